The summed E-state index contributed by atoms with van der Waals surface area (Å²) in [7, 11) is 0. The van der Waals surface area contributed by atoms with Gasteiger partial charge in [-0.3, -0.25) is 0 Å². The number of nitrogens with one attached hydrogen (secondary N) is 2. The number of anilines is 1. The third-order valence-corrected chi connectivity index (χ3v) is 3.91. The first kappa shape index (κ1) is 9.21. The molecule has 0 amide bonds. The molecule has 1 aliphatic carbocycles. The van der Waals surface area contributed by atoms with E-state index in [2.05, 4.69) is 15.3 Å². The van der Waals surface area contributed by atoms with Crippen LogP contribution < -0.4 is 11.1 Å². The highest BCUT2D eigenvalue weighted by atomic mass is 15.1. The predicted molar refractivity (Wildman–Crippen MR) is 59.5 cm³/mol. The van der Waals surface area contributed by atoms with E-state index in [1.54, 1.807) is 0 Å². The monoisotopic (exact) mass is 206 g/mol. The summed E-state index contributed by atoms with van der Waals surface area (Å²) in [5.41, 5.74) is 7.90. The zero-order valence-corrected chi connectivity index (χ0v) is 9.09. The van der Waals surface area contributed by atoms with Gasteiger partial charge in [-0.2, -0.15) is 0 Å². The summed E-state index contributed by atoms with van der Waals surface area (Å²) in [6.45, 7) is 2.05. The second kappa shape index (κ2) is 3.23. The Morgan fingerprint density at radius 3 is 2.87 bits per heavy atom. The van der Waals surface area contributed by atoms with Gasteiger partial charge in [0, 0.05) is 24.2 Å². The van der Waals surface area contributed by atoms with Crippen molar-refractivity contribution in [2.24, 2.45) is 5.92 Å². The van der Waals surface area contributed by atoms with E-state index in [1.165, 1.54) is 19.3 Å². The van der Waals surface area contributed by atoms with Crippen LogP contribution in [0.25, 0.3) is 0 Å². The molecule has 4 N–H and O–H groups in total. The smallest absolute Gasteiger partial charge is 0.197 e. The van der Waals surface area contributed by atoms with Crippen LogP contribution >= 0.6 is 0 Å². The predicted octanol–water partition coefficient (Wildman–Crippen LogP) is 0.983. The van der Waals surface area contributed by atoms with Crippen molar-refractivity contribution >= 4 is 5.95 Å². The van der Waals surface area contributed by atoms with Crippen molar-refractivity contribution in [2.75, 3.05) is 5.73 Å². The quantitative estimate of drug-likeness (QED) is 0.676. The van der Waals surface area contributed by atoms with Gasteiger partial charge in [-0.15, -0.1) is 0 Å². The van der Waals surface area contributed by atoms with E-state index >= 15 is 0 Å². The Bertz CT molecular complexity index is 371. The van der Waals surface area contributed by atoms with Crippen LogP contribution in [0.2, 0.25) is 0 Å². The lowest BCUT2D eigenvalue weighted by Gasteiger charge is -2.22. The highest BCUT2D eigenvalue weighted by Gasteiger charge is 2.39. The molecule has 3 unspecified atom stereocenters. The van der Waals surface area contributed by atoms with Crippen LogP contribution in [-0.2, 0) is 6.42 Å². The maximum Gasteiger partial charge on any atom is 0.197 e. The third kappa shape index (κ3) is 1.53. The average molecular weight is 206 g/mol. The summed E-state index contributed by atoms with van der Waals surface area (Å²) in [4.78, 5) is 7.40. The molecule has 4 nitrogen and oxygen atoms in total. The van der Waals surface area contributed by atoms with Crippen LogP contribution in [0.5, 0.6) is 0 Å². The molecule has 3 atom stereocenters. The van der Waals surface area contributed by atoms with Crippen LogP contribution in [0.15, 0.2) is 0 Å². The van der Waals surface area contributed by atoms with Crippen molar-refractivity contribution in [2.45, 2.75) is 44.7 Å². The minimum absolute atomic E-state index is 0.547. The molecular weight excluding hydrogens is 188 g/mol. The Kier molecular flexibility index (Phi) is 1.99. The van der Waals surface area contributed by atoms with Gasteiger partial charge in [0.2, 0.25) is 0 Å². The number of nitrogens with two attached hydrogens (primary N) is 1. The minimum atomic E-state index is 0.547. The number of imidazole rings is 1. The molecule has 15 heavy (non-hydrogen) atoms. The Morgan fingerprint density at radius 2 is 2.33 bits per heavy atom. The zero-order chi connectivity index (χ0) is 10.4. The third-order valence-electron chi connectivity index (χ3n) is 3.91. The molecule has 1 aromatic heterocycles. The van der Waals surface area contributed by atoms with Gasteiger partial charge in [0.25, 0.3) is 0 Å². The van der Waals surface area contributed by atoms with Crippen LogP contribution in [0.3, 0.4) is 0 Å². The second-order valence-electron chi connectivity index (χ2n) is 4.94. The molecule has 2 bridgehead atoms. The number of aryl methyl sites for hydroxylation is 1. The lowest BCUT2D eigenvalue weighted by molar-refractivity contribution is 0.377. The van der Waals surface area contributed by atoms with Crippen LogP contribution in [-0.4, -0.2) is 22.1 Å². The maximum absolute atomic E-state index is 5.64. The van der Waals surface area contributed by atoms with E-state index in [-0.39, 0.29) is 0 Å². The SMILES string of the molecule is Cc1[nH]c(N)nc1CC1NC2CCC1C2. The first-order chi connectivity index (χ1) is 7.22. The van der Waals surface area contributed by atoms with E-state index in [4.69, 9.17) is 5.73 Å². The molecule has 2 fully saturated rings. The van der Waals surface area contributed by atoms with E-state index in [0.717, 1.165) is 29.8 Å². The van der Waals surface area contributed by atoms with Crippen molar-refractivity contribution in [1.82, 2.24) is 15.3 Å². The van der Waals surface area contributed by atoms with E-state index in [9.17, 15) is 0 Å². The number of nitrogens with zero attached hydrogens (tertiary/aromatic N) is 1. The highest BCUT2D eigenvalue weighted by molar-refractivity contribution is 5.26. The highest BCUT2D eigenvalue weighted by Crippen LogP contribution is 2.36. The summed E-state index contributed by atoms with van der Waals surface area (Å²) < 4.78 is 0. The van der Waals surface area contributed by atoms with Crippen molar-refractivity contribution in [3.63, 3.8) is 0 Å². The molecule has 3 rings (SSSR count). The standard InChI is InChI=1S/C11H18N4/c1-6-9(15-11(12)13-6)5-10-7-2-3-8(4-7)14-10/h7-8,10,14H,2-5H2,1H3,(H3,12,13,15). The molecule has 1 aromatic rings. The maximum atomic E-state index is 5.64. The Hall–Kier alpha value is -1.03. The number of aromatic amines is 1. The molecule has 1 saturated carbocycles. The summed E-state index contributed by atoms with van der Waals surface area (Å²) in [6.07, 6.45) is 5.15. The molecule has 0 spiro atoms. The van der Waals surface area contributed by atoms with Crippen molar-refractivity contribution < 1.29 is 0 Å². The van der Waals surface area contributed by atoms with Gasteiger partial charge < -0.3 is 16.0 Å². The van der Waals surface area contributed by atoms with Gasteiger partial charge in [-0.05, 0) is 32.1 Å². The van der Waals surface area contributed by atoms with Gasteiger partial charge in [0.15, 0.2) is 5.95 Å². The van der Waals surface area contributed by atoms with Gasteiger partial charge in [-0.25, -0.2) is 4.98 Å². The number of hydrogen-bond donors (Lipinski definition) is 3. The van der Waals surface area contributed by atoms with Crippen molar-refractivity contribution in [3.05, 3.63) is 11.4 Å². The number of piperidine rings is 1. The number of H-pyrrole nitrogens is 1. The van der Waals surface area contributed by atoms with Crippen LogP contribution in [0.4, 0.5) is 5.95 Å². The Balaban J connectivity index is 1.73. The van der Waals surface area contributed by atoms with Gasteiger partial charge in [0.05, 0.1) is 5.69 Å². The Labute approximate surface area is 89.7 Å². The molecule has 2 heterocycles. The molecule has 0 aromatic carbocycles. The summed E-state index contributed by atoms with van der Waals surface area (Å²) in [5, 5.41) is 3.68. The summed E-state index contributed by atoms with van der Waals surface area (Å²) >= 11 is 0. The molecule has 1 saturated heterocycles. The summed E-state index contributed by atoms with van der Waals surface area (Å²) in [6, 6.07) is 1.40. The average Bonchev–Trinajstić information content (AvgIpc) is 2.83. The lowest BCUT2D eigenvalue weighted by Crippen LogP contribution is -2.37. The summed E-state index contributed by atoms with van der Waals surface area (Å²) in [5.74, 6) is 1.41. The number of fused-ring (bicyclic) bond motifs is 2. The number of hydrogen-bond acceptors (Lipinski definition) is 3. The fourth-order valence-electron chi connectivity index (χ4n) is 3.13. The first-order valence-electron chi connectivity index (χ1n) is 5.79. The van der Waals surface area contributed by atoms with Gasteiger partial charge in [0.1, 0.15) is 0 Å². The molecule has 1 aliphatic heterocycles. The number of nitrogen functional groups attached to an aromatic ring is 1. The van der Waals surface area contributed by atoms with Gasteiger partial charge >= 0.3 is 0 Å². The van der Waals surface area contributed by atoms with Crippen molar-refractivity contribution in [3.8, 4) is 0 Å². The van der Waals surface area contributed by atoms with Crippen LogP contribution in [0.1, 0.15) is 30.7 Å². The minimum Gasteiger partial charge on any atom is -0.369 e. The second-order valence-corrected chi connectivity index (χ2v) is 4.94. The van der Waals surface area contributed by atoms with Crippen molar-refractivity contribution in [1.29, 1.82) is 0 Å². The largest absolute Gasteiger partial charge is 0.369 e. The van der Waals surface area contributed by atoms with Crippen LogP contribution in [0, 0.1) is 12.8 Å². The first-order valence-corrected chi connectivity index (χ1v) is 5.79. The molecular formula is C11H18N4. The lowest BCUT2D eigenvalue weighted by atomic mass is 9.95. The Morgan fingerprint density at radius 1 is 1.47 bits per heavy atom. The molecule has 0 radical (unpaired) electrons. The van der Waals surface area contributed by atoms with E-state index < -0.39 is 0 Å². The normalized spacial score (nSPS) is 33.8. The van der Waals surface area contributed by atoms with E-state index in [1.807, 2.05) is 6.92 Å². The fraction of sp³-hybridized carbons (Fsp3) is 0.727. The number of rotatable bonds is 2. The zero-order valence-electron chi connectivity index (χ0n) is 9.09. The molecule has 82 valence electrons. The molecule has 4 heteroatoms. The topological polar surface area (TPSA) is 66.7 Å². The fourth-order valence-corrected chi connectivity index (χ4v) is 3.13. The van der Waals surface area contributed by atoms with E-state index in [0.29, 0.717) is 12.0 Å². The van der Waals surface area contributed by atoms with Gasteiger partial charge in [-0.1, -0.05) is 0 Å². The molecule has 2 aliphatic rings. The number of aromatic nitrogens is 2.